The van der Waals surface area contributed by atoms with Crippen molar-refractivity contribution in [2.45, 2.75) is 18.3 Å². The molecule has 3 N–H and O–H groups in total. The Bertz CT molecular complexity index is 996. The zero-order valence-corrected chi connectivity index (χ0v) is 19.3. The largest absolute Gasteiger partial charge is 1.00 e. The van der Waals surface area contributed by atoms with Crippen LogP contribution in [0.5, 0.6) is 5.75 Å². The van der Waals surface area contributed by atoms with Crippen molar-refractivity contribution in [2.75, 3.05) is 12.4 Å². The first-order valence-electron chi connectivity index (χ1n) is 8.58. The molecule has 2 aliphatic rings. The van der Waals surface area contributed by atoms with E-state index in [4.69, 9.17) is 4.74 Å². The monoisotopic (exact) mass is 457 g/mol. The summed E-state index contributed by atoms with van der Waals surface area (Å²) in [6, 6.07) is 4.37. The normalized spacial score (nSPS) is 20.2. The quantitative estimate of drug-likeness (QED) is 0.0953. The molecule has 0 aromatic heterocycles. The van der Waals surface area contributed by atoms with Crippen LogP contribution >= 0.6 is 11.8 Å². The number of ether oxygens (including phenoxy) is 1. The van der Waals surface area contributed by atoms with E-state index in [1.807, 2.05) is 0 Å². The molecule has 1 aromatic carbocycles. The van der Waals surface area contributed by atoms with Crippen molar-refractivity contribution in [3.05, 3.63) is 41.1 Å². The average Bonchev–Trinajstić information content (AvgIpc) is 2.70. The van der Waals surface area contributed by atoms with Gasteiger partial charge in [0.2, 0.25) is 0 Å². The van der Waals surface area contributed by atoms with E-state index < -0.39 is 40.9 Å². The van der Waals surface area contributed by atoms with Crippen LogP contribution in [0.4, 0.5) is 0 Å². The number of amides is 2. The van der Waals surface area contributed by atoms with Crippen LogP contribution in [0.15, 0.2) is 40.7 Å². The number of fused-ring (bicyclic) bond motifs is 1. The number of β-lactam (4-membered cyclic amide) rings is 1. The van der Waals surface area contributed by atoms with Gasteiger partial charge in [-0.25, -0.2) is 0 Å². The fourth-order valence-electron chi connectivity index (χ4n) is 3.07. The summed E-state index contributed by atoms with van der Waals surface area (Å²) < 4.78 is 4.83. The van der Waals surface area contributed by atoms with Gasteiger partial charge in [-0.05, 0) is 12.1 Å². The SMILES string of the molecule is CC(=O)OCC1=C(C(=O)[O-])N2C(=O)[C@@H](NC(=O)C(=NO)c3cccc(O)c3)[C@H]2SC1.[Na+]. The Morgan fingerprint density at radius 3 is 2.68 bits per heavy atom. The van der Waals surface area contributed by atoms with Gasteiger partial charge >= 0.3 is 35.5 Å². The Balaban J connectivity index is 0.00000341. The van der Waals surface area contributed by atoms with E-state index in [0.717, 1.165) is 4.90 Å². The number of esters is 1. The number of carbonyl (C=O) groups is 4. The molecule has 0 spiro atoms. The maximum absolute atomic E-state index is 12.6. The maximum Gasteiger partial charge on any atom is 1.00 e. The van der Waals surface area contributed by atoms with Gasteiger partial charge in [0, 0.05) is 23.8 Å². The predicted molar refractivity (Wildman–Crippen MR) is 100 cm³/mol. The van der Waals surface area contributed by atoms with Gasteiger partial charge in [-0.1, -0.05) is 17.3 Å². The van der Waals surface area contributed by atoms with Crippen LogP contribution < -0.4 is 40.0 Å². The number of benzene rings is 1. The third-order valence-electron chi connectivity index (χ3n) is 4.41. The number of phenols is 1. The second-order valence-electron chi connectivity index (χ2n) is 6.38. The smallest absolute Gasteiger partial charge is 0.543 e. The first-order valence-corrected chi connectivity index (χ1v) is 9.63. The third-order valence-corrected chi connectivity index (χ3v) is 5.75. The molecule has 2 amide bonds. The van der Waals surface area contributed by atoms with Crippen LogP contribution in [0.1, 0.15) is 12.5 Å². The van der Waals surface area contributed by atoms with Crippen LogP contribution in [0, 0.1) is 0 Å². The number of carboxylic acids is 1. The first kappa shape index (κ1) is 24.7. The van der Waals surface area contributed by atoms with Gasteiger partial charge in [-0.3, -0.25) is 19.3 Å². The van der Waals surface area contributed by atoms with Crippen LogP contribution in [0.25, 0.3) is 0 Å². The Labute approximate surface area is 202 Å². The average molecular weight is 457 g/mol. The molecular formula is C18H16N3NaO8S. The molecule has 1 fully saturated rings. The van der Waals surface area contributed by atoms with Crippen molar-refractivity contribution in [1.82, 2.24) is 10.2 Å². The van der Waals surface area contributed by atoms with E-state index in [1.165, 1.54) is 43.0 Å². The number of hydrogen-bond acceptors (Lipinski definition) is 10. The summed E-state index contributed by atoms with van der Waals surface area (Å²) in [6.07, 6.45) is 0. The Morgan fingerprint density at radius 2 is 2.10 bits per heavy atom. The fraction of sp³-hybridized carbons (Fsp3) is 0.278. The Kier molecular flexibility index (Phi) is 8.12. The molecule has 31 heavy (non-hydrogen) atoms. The molecule has 11 nitrogen and oxygen atoms in total. The van der Waals surface area contributed by atoms with E-state index >= 15 is 0 Å². The topological polar surface area (TPSA) is 169 Å². The van der Waals surface area contributed by atoms with Crippen molar-refractivity contribution in [3.63, 3.8) is 0 Å². The molecule has 0 saturated carbocycles. The Hall–Kier alpha value is -2.54. The molecular weight excluding hydrogens is 441 g/mol. The number of nitrogens with zero attached hydrogens (tertiary/aromatic N) is 2. The summed E-state index contributed by atoms with van der Waals surface area (Å²) in [5, 5.41) is 34.9. The molecule has 3 rings (SSSR count). The zero-order valence-electron chi connectivity index (χ0n) is 16.5. The predicted octanol–water partition coefficient (Wildman–Crippen LogP) is -4.46. The number of thioether (sulfide) groups is 1. The number of hydrogen-bond donors (Lipinski definition) is 3. The van der Waals surface area contributed by atoms with Crippen LogP contribution in [0.2, 0.25) is 0 Å². The fourth-order valence-corrected chi connectivity index (χ4v) is 4.40. The molecule has 2 atom stereocenters. The summed E-state index contributed by atoms with van der Waals surface area (Å²) in [4.78, 5) is 48.6. The molecule has 2 heterocycles. The number of carbonyl (C=O) groups excluding carboxylic acids is 4. The van der Waals surface area contributed by atoms with Crippen LogP contribution in [0.3, 0.4) is 0 Å². The number of rotatable bonds is 6. The summed E-state index contributed by atoms with van der Waals surface area (Å²) in [7, 11) is 0. The van der Waals surface area contributed by atoms with E-state index in [0.29, 0.717) is 0 Å². The first-order chi connectivity index (χ1) is 14.2. The number of aromatic hydroxyl groups is 1. The molecule has 158 valence electrons. The van der Waals surface area contributed by atoms with Gasteiger partial charge in [-0.2, -0.15) is 0 Å². The van der Waals surface area contributed by atoms with Crippen molar-refractivity contribution in [2.24, 2.45) is 5.16 Å². The second-order valence-corrected chi connectivity index (χ2v) is 7.48. The Morgan fingerprint density at radius 1 is 1.39 bits per heavy atom. The van der Waals surface area contributed by atoms with E-state index in [2.05, 4.69) is 10.5 Å². The molecule has 0 bridgehead atoms. The molecule has 0 radical (unpaired) electrons. The maximum atomic E-state index is 12.6. The molecule has 0 aliphatic carbocycles. The van der Waals surface area contributed by atoms with E-state index in [9.17, 15) is 34.6 Å². The van der Waals surface area contributed by atoms with Gasteiger partial charge in [0.05, 0.1) is 11.7 Å². The summed E-state index contributed by atoms with van der Waals surface area (Å²) in [6.45, 7) is 0.878. The summed E-state index contributed by atoms with van der Waals surface area (Å²) in [5.74, 6) is -3.79. The molecule has 2 aliphatic heterocycles. The minimum atomic E-state index is -1.60. The number of nitrogens with one attached hydrogen (secondary N) is 1. The second kappa shape index (κ2) is 10.2. The van der Waals surface area contributed by atoms with E-state index in [-0.39, 0.29) is 64.5 Å². The number of oxime groups is 1. The van der Waals surface area contributed by atoms with Gasteiger partial charge < -0.3 is 30.3 Å². The minimum Gasteiger partial charge on any atom is -0.543 e. The van der Waals surface area contributed by atoms with Gasteiger partial charge in [0.1, 0.15) is 23.8 Å². The van der Waals surface area contributed by atoms with Gasteiger partial charge in [0.25, 0.3) is 11.8 Å². The summed E-state index contributed by atoms with van der Waals surface area (Å²) in [5.41, 5.74) is -0.487. The van der Waals surface area contributed by atoms with E-state index in [1.54, 1.807) is 0 Å². The van der Waals surface area contributed by atoms with Crippen LogP contribution in [-0.4, -0.2) is 68.5 Å². The third kappa shape index (κ3) is 5.03. The van der Waals surface area contributed by atoms with Gasteiger partial charge in [0.15, 0.2) is 5.71 Å². The van der Waals surface area contributed by atoms with Crippen molar-refractivity contribution < 1.29 is 68.9 Å². The van der Waals surface area contributed by atoms with Crippen LogP contribution in [-0.2, 0) is 23.9 Å². The van der Waals surface area contributed by atoms with Crippen molar-refractivity contribution in [3.8, 4) is 5.75 Å². The number of phenolic OH excluding ortho intramolecular Hbond substituents is 1. The molecule has 1 saturated heterocycles. The molecule has 1 aromatic rings. The number of carboxylic acid groups (broad SMARTS) is 1. The summed E-state index contributed by atoms with van der Waals surface area (Å²) >= 11 is 1.17. The van der Waals surface area contributed by atoms with Crippen molar-refractivity contribution >= 4 is 41.2 Å². The minimum absolute atomic E-state index is 0. The number of aliphatic carboxylic acids is 1. The molecule has 0 unspecified atom stereocenters. The standard InChI is InChI=1S/C18H17N3O8S.Na/c1-8(22)29-6-10-7-30-17-13(16(25)21(17)14(10)18(26)27)19-15(24)12(20-28)9-3-2-4-11(23)5-9;/h2-5,13,17,23,28H,6-7H2,1H3,(H,19,24)(H,26,27);/q;+1/p-1/t13-,17-;/m1./s1. The zero-order chi connectivity index (χ0) is 22.0. The molecule has 13 heteroatoms. The van der Waals surface area contributed by atoms with Gasteiger partial charge in [-0.15, -0.1) is 11.8 Å². The van der Waals surface area contributed by atoms with Crippen molar-refractivity contribution in [1.29, 1.82) is 0 Å².